The fraction of sp³-hybridized carbons (Fsp3) is 0.536. The summed E-state index contributed by atoms with van der Waals surface area (Å²) in [5.74, 6) is 0.640. The van der Waals surface area contributed by atoms with E-state index in [1.807, 2.05) is 17.9 Å². The van der Waals surface area contributed by atoms with Crippen LogP contribution >= 0.6 is 0 Å². The summed E-state index contributed by atoms with van der Waals surface area (Å²) in [5, 5.41) is 0. The van der Waals surface area contributed by atoms with Crippen molar-refractivity contribution in [1.82, 2.24) is 19.8 Å². The van der Waals surface area contributed by atoms with Crippen LogP contribution in [0.1, 0.15) is 36.1 Å². The molecular formula is C28H37FN6O2. The maximum atomic E-state index is 14.9. The van der Waals surface area contributed by atoms with Crippen molar-refractivity contribution in [2.24, 2.45) is 0 Å². The Morgan fingerprint density at radius 2 is 1.95 bits per heavy atom. The van der Waals surface area contributed by atoms with Crippen molar-refractivity contribution in [3.63, 3.8) is 0 Å². The Hall–Kier alpha value is -3.20. The number of rotatable bonds is 6. The van der Waals surface area contributed by atoms with E-state index >= 15 is 0 Å². The minimum Gasteiger partial charge on any atom is -0.462 e. The van der Waals surface area contributed by atoms with Crippen molar-refractivity contribution in [3.8, 4) is 6.01 Å². The summed E-state index contributed by atoms with van der Waals surface area (Å²) in [6, 6.07) is 5.97. The molecule has 2 saturated heterocycles. The lowest BCUT2D eigenvalue weighted by atomic mass is 10.1. The number of likely N-dealkylation sites (N-methyl/N-ethyl adjacent to an activating group) is 1. The van der Waals surface area contributed by atoms with Crippen molar-refractivity contribution in [2.45, 2.75) is 45.2 Å². The van der Waals surface area contributed by atoms with Crippen LogP contribution in [0.4, 0.5) is 15.9 Å². The van der Waals surface area contributed by atoms with E-state index < -0.39 is 0 Å². The number of likely N-dealkylation sites (tertiary alicyclic amines) is 1. The number of para-hydroxylation sites is 1. The lowest BCUT2D eigenvalue weighted by Gasteiger charge is -2.36. The molecule has 0 aliphatic carbocycles. The Balaban J connectivity index is 1.45. The molecule has 0 radical (unpaired) electrons. The fourth-order valence-electron chi connectivity index (χ4n) is 5.76. The van der Waals surface area contributed by atoms with Crippen molar-refractivity contribution in [1.29, 1.82) is 0 Å². The molecule has 37 heavy (non-hydrogen) atoms. The molecule has 4 heterocycles. The Morgan fingerprint density at radius 1 is 1.14 bits per heavy atom. The second-order valence-electron chi connectivity index (χ2n) is 10.3. The maximum absolute atomic E-state index is 14.9. The number of aryl methyl sites for hydroxylation is 1. The molecule has 1 atom stereocenters. The molecule has 1 amide bonds. The first kappa shape index (κ1) is 25.4. The van der Waals surface area contributed by atoms with Gasteiger partial charge in [0.25, 0.3) is 0 Å². The predicted molar refractivity (Wildman–Crippen MR) is 143 cm³/mol. The van der Waals surface area contributed by atoms with Gasteiger partial charge >= 0.3 is 6.01 Å². The standard InChI is InChI=1S/C28H37FN6O2/c1-4-25(36)33-14-16-34(17-15-33)27-22-10-7-13-35(26-20(2)8-5-11-23(26)29)18-24(22)30-28(31-27)37-19-21-9-6-12-32(21)3/h4-5,8,11,21H,1,6-7,9-10,12-19H2,2-3H3. The third-order valence-electron chi connectivity index (χ3n) is 7.89. The molecule has 1 unspecified atom stereocenters. The third-order valence-corrected chi connectivity index (χ3v) is 7.89. The smallest absolute Gasteiger partial charge is 0.318 e. The summed E-state index contributed by atoms with van der Waals surface area (Å²) >= 11 is 0. The van der Waals surface area contributed by atoms with Crippen LogP contribution in [0.3, 0.4) is 0 Å². The number of anilines is 2. The highest BCUT2D eigenvalue weighted by Gasteiger charge is 2.29. The molecule has 0 N–H and O–H groups in total. The van der Waals surface area contributed by atoms with E-state index in [1.165, 1.54) is 18.6 Å². The van der Waals surface area contributed by atoms with E-state index in [0.717, 1.165) is 55.0 Å². The van der Waals surface area contributed by atoms with Crippen molar-refractivity contribution >= 4 is 17.4 Å². The molecule has 3 aliphatic rings. The minimum atomic E-state index is -0.207. The quantitative estimate of drug-likeness (QED) is 0.556. The Labute approximate surface area is 218 Å². The number of aromatic nitrogens is 2. The number of ether oxygens (including phenoxy) is 1. The van der Waals surface area contributed by atoms with Crippen molar-refractivity contribution in [2.75, 3.05) is 62.7 Å². The molecule has 0 saturated carbocycles. The summed E-state index contributed by atoms with van der Waals surface area (Å²) in [5.41, 5.74) is 3.55. The average molecular weight is 509 g/mol. The Morgan fingerprint density at radius 3 is 2.65 bits per heavy atom. The lowest BCUT2D eigenvalue weighted by molar-refractivity contribution is -0.126. The molecule has 2 fully saturated rings. The van der Waals surface area contributed by atoms with Gasteiger partial charge in [0.05, 0.1) is 17.9 Å². The number of hydrogen-bond acceptors (Lipinski definition) is 7. The third kappa shape index (κ3) is 5.42. The lowest BCUT2D eigenvalue weighted by Crippen LogP contribution is -2.49. The molecule has 1 aromatic heterocycles. The first-order valence-electron chi connectivity index (χ1n) is 13.3. The normalized spacial score (nSPS) is 20.5. The topological polar surface area (TPSA) is 65.0 Å². The number of amides is 1. The predicted octanol–water partition coefficient (Wildman–Crippen LogP) is 3.18. The number of carbonyl (C=O) groups excluding carboxylic acids is 1. The fourth-order valence-corrected chi connectivity index (χ4v) is 5.76. The second kappa shape index (κ2) is 11.0. The first-order valence-corrected chi connectivity index (χ1v) is 13.3. The van der Waals surface area contributed by atoms with Crippen LogP contribution < -0.4 is 14.5 Å². The van der Waals surface area contributed by atoms with Crippen molar-refractivity contribution < 1.29 is 13.9 Å². The van der Waals surface area contributed by atoms with E-state index in [4.69, 9.17) is 14.7 Å². The molecule has 198 valence electrons. The largest absolute Gasteiger partial charge is 0.462 e. The van der Waals surface area contributed by atoms with Crippen LogP contribution in [0.5, 0.6) is 6.01 Å². The van der Waals surface area contributed by atoms with E-state index in [0.29, 0.717) is 57.1 Å². The zero-order valence-electron chi connectivity index (χ0n) is 22.0. The van der Waals surface area contributed by atoms with Gasteiger partial charge in [-0.2, -0.15) is 9.97 Å². The van der Waals surface area contributed by atoms with Crippen LogP contribution in [0.25, 0.3) is 0 Å². The summed E-state index contributed by atoms with van der Waals surface area (Å²) in [4.78, 5) is 30.4. The van der Waals surface area contributed by atoms with Crippen LogP contribution in [-0.2, 0) is 17.8 Å². The molecule has 5 rings (SSSR count). The number of piperazine rings is 1. The zero-order chi connectivity index (χ0) is 25.9. The summed E-state index contributed by atoms with van der Waals surface area (Å²) in [6.07, 6.45) is 5.34. The van der Waals surface area contributed by atoms with Gasteiger partial charge in [-0.15, -0.1) is 0 Å². The van der Waals surface area contributed by atoms with E-state index in [2.05, 4.69) is 28.3 Å². The van der Waals surface area contributed by atoms with Gasteiger partial charge in [0.1, 0.15) is 18.2 Å². The van der Waals surface area contributed by atoms with E-state index in [9.17, 15) is 9.18 Å². The summed E-state index contributed by atoms with van der Waals surface area (Å²) in [6.45, 7) is 11.0. The zero-order valence-corrected chi connectivity index (χ0v) is 22.0. The van der Waals surface area contributed by atoms with Gasteiger partial charge in [0.15, 0.2) is 0 Å². The average Bonchev–Trinajstić information content (AvgIpc) is 3.19. The Bertz CT molecular complexity index is 1130. The molecule has 8 nitrogen and oxygen atoms in total. The number of benzene rings is 1. The summed E-state index contributed by atoms with van der Waals surface area (Å²) < 4.78 is 21.1. The second-order valence-corrected chi connectivity index (χ2v) is 10.3. The van der Waals surface area contributed by atoms with Crippen LogP contribution in [0.2, 0.25) is 0 Å². The summed E-state index contributed by atoms with van der Waals surface area (Å²) in [7, 11) is 2.13. The van der Waals surface area contributed by atoms with Gasteiger partial charge in [0.2, 0.25) is 5.91 Å². The maximum Gasteiger partial charge on any atom is 0.318 e. The monoisotopic (exact) mass is 508 g/mol. The number of carbonyl (C=O) groups is 1. The Kier molecular flexibility index (Phi) is 7.60. The van der Waals surface area contributed by atoms with Gasteiger partial charge in [-0.1, -0.05) is 18.7 Å². The number of hydrogen-bond donors (Lipinski definition) is 0. The van der Waals surface area contributed by atoms with Gasteiger partial charge < -0.3 is 24.3 Å². The highest BCUT2D eigenvalue weighted by atomic mass is 19.1. The van der Waals surface area contributed by atoms with Gasteiger partial charge in [0, 0.05) is 44.3 Å². The molecule has 1 aromatic carbocycles. The highest BCUT2D eigenvalue weighted by molar-refractivity contribution is 5.87. The number of fused-ring (bicyclic) bond motifs is 1. The van der Waals surface area contributed by atoms with Crippen LogP contribution in [0.15, 0.2) is 30.9 Å². The molecule has 3 aliphatic heterocycles. The number of halogens is 1. The first-order chi connectivity index (χ1) is 17.9. The number of nitrogens with zero attached hydrogens (tertiary/aromatic N) is 6. The molecule has 9 heteroatoms. The van der Waals surface area contributed by atoms with Crippen LogP contribution in [0, 0.1) is 12.7 Å². The molecule has 0 spiro atoms. The highest BCUT2D eigenvalue weighted by Crippen LogP contribution is 2.33. The van der Waals surface area contributed by atoms with E-state index in [1.54, 1.807) is 6.07 Å². The van der Waals surface area contributed by atoms with E-state index in [-0.39, 0.29) is 11.7 Å². The van der Waals surface area contributed by atoms with Gasteiger partial charge in [-0.3, -0.25) is 4.79 Å². The SMILES string of the molecule is C=CC(=O)N1CCN(c2nc(OCC3CCCN3C)nc3c2CCCN(c2c(C)cccc2F)C3)CC1. The van der Waals surface area contributed by atoms with Gasteiger partial charge in [-0.05, 0) is 63.9 Å². The molecule has 2 aromatic rings. The van der Waals surface area contributed by atoms with Crippen molar-refractivity contribution in [3.05, 3.63) is 53.5 Å². The molecular weight excluding hydrogens is 471 g/mol. The molecule has 0 bridgehead atoms. The van der Waals surface area contributed by atoms with Crippen LogP contribution in [-0.4, -0.2) is 84.6 Å². The minimum absolute atomic E-state index is 0.0400. The van der Waals surface area contributed by atoms with Gasteiger partial charge in [-0.25, -0.2) is 4.39 Å².